The summed E-state index contributed by atoms with van der Waals surface area (Å²) in [7, 11) is 0. The molecule has 0 radical (unpaired) electrons. The second-order valence-corrected chi connectivity index (χ2v) is 6.86. The molecular weight excluding hydrogens is 356 g/mol. The number of thioether (sulfide) groups is 1. The van der Waals surface area contributed by atoms with Crippen LogP contribution in [0, 0.1) is 0 Å². The van der Waals surface area contributed by atoms with Crippen molar-refractivity contribution in [1.29, 1.82) is 0 Å². The molecule has 0 heterocycles. The van der Waals surface area contributed by atoms with Gasteiger partial charge in [0.25, 0.3) is 11.7 Å². The van der Waals surface area contributed by atoms with Gasteiger partial charge in [-0.3, -0.25) is 4.79 Å². The van der Waals surface area contributed by atoms with E-state index in [-0.39, 0.29) is 0 Å². The number of anilines is 1. The smallest absolute Gasteiger partial charge is 0.288 e. The van der Waals surface area contributed by atoms with Gasteiger partial charge in [-0.15, -0.1) is 0 Å². The summed E-state index contributed by atoms with van der Waals surface area (Å²) in [5.74, 6) is -2.53. The molecule has 0 fully saturated rings. The van der Waals surface area contributed by atoms with Crippen molar-refractivity contribution in [3.8, 4) is 5.75 Å². The van der Waals surface area contributed by atoms with E-state index in [2.05, 4.69) is 5.32 Å². The van der Waals surface area contributed by atoms with Crippen molar-refractivity contribution in [1.82, 2.24) is 0 Å². The van der Waals surface area contributed by atoms with Crippen molar-refractivity contribution in [2.24, 2.45) is 0 Å². The minimum atomic E-state index is -2.57. The van der Waals surface area contributed by atoms with E-state index < -0.39 is 17.3 Å². The number of carbonyl (C=O) groups excluding carboxylic acids is 1. The predicted octanol–water partition coefficient (Wildman–Crippen LogP) is 5.45. The fraction of sp³-hybridized carbons (Fsp3) is 0.235. The average Bonchev–Trinajstić information content (AvgIpc) is 2.51. The van der Waals surface area contributed by atoms with Crippen molar-refractivity contribution in [2.75, 3.05) is 5.32 Å². The Balaban J connectivity index is 2.12. The fourth-order valence-corrected chi connectivity index (χ4v) is 2.61. The number of amides is 1. The van der Waals surface area contributed by atoms with Gasteiger partial charge in [0.2, 0.25) is 0 Å². The number of benzene rings is 2. The molecule has 0 aromatic heterocycles. The summed E-state index contributed by atoms with van der Waals surface area (Å²) >= 11 is 6.19. The van der Waals surface area contributed by atoms with E-state index in [1.165, 1.54) is 6.07 Å². The minimum absolute atomic E-state index is 0.295. The van der Waals surface area contributed by atoms with E-state index >= 15 is 0 Å². The molecule has 0 aliphatic carbocycles. The number of hydrogen-bond acceptors (Lipinski definition) is 3. The summed E-state index contributed by atoms with van der Waals surface area (Å²) in [4.78, 5) is 12.8. The number of hydrogen-bond donors (Lipinski definition) is 1. The summed E-state index contributed by atoms with van der Waals surface area (Å²) in [6.07, 6.45) is 0. The molecule has 0 aliphatic rings. The lowest BCUT2D eigenvalue weighted by atomic mass is 10.1. The summed E-state index contributed by atoms with van der Waals surface area (Å²) in [6.45, 7) is 3.19. The van der Waals surface area contributed by atoms with Gasteiger partial charge in [-0.2, -0.15) is 8.78 Å². The molecule has 3 nitrogen and oxygen atoms in total. The lowest BCUT2D eigenvalue weighted by Crippen LogP contribution is -2.42. The second-order valence-electron chi connectivity index (χ2n) is 5.40. The van der Waals surface area contributed by atoms with Crippen LogP contribution in [-0.4, -0.2) is 17.3 Å². The van der Waals surface area contributed by atoms with Crippen LogP contribution in [0.5, 0.6) is 5.75 Å². The topological polar surface area (TPSA) is 38.3 Å². The van der Waals surface area contributed by atoms with Crippen molar-refractivity contribution in [2.45, 2.75) is 30.1 Å². The molecular formula is C17H16ClF2NO2S. The predicted molar refractivity (Wildman–Crippen MR) is 93.1 cm³/mol. The third kappa shape index (κ3) is 5.11. The fourth-order valence-electron chi connectivity index (χ4n) is 1.89. The third-order valence-corrected chi connectivity index (χ3v) is 4.12. The molecule has 0 unspecified atom stereocenters. The largest absolute Gasteiger partial charge is 0.478 e. The van der Waals surface area contributed by atoms with E-state index in [0.717, 1.165) is 0 Å². The van der Waals surface area contributed by atoms with Gasteiger partial charge in [0, 0.05) is 9.92 Å². The van der Waals surface area contributed by atoms with E-state index in [4.69, 9.17) is 16.3 Å². The molecule has 0 saturated carbocycles. The normalized spacial score (nSPS) is 11.4. The van der Waals surface area contributed by atoms with E-state index in [0.29, 0.717) is 33.1 Å². The van der Waals surface area contributed by atoms with Gasteiger partial charge in [-0.1, -0.05) is 35.5 Å². The second kappa shape index (κ2) is 7.85. The quantitative estimate of drug-likeness (QED) is 0.686. The van der Waals surface area contributed by atoms with Crippen molar-refractivity contribution in [3.63, 3.8) is 0 Å². The zero-order valence-electron chi connectivity index (χ0n) is 13.1. The molecule has 0 spiro atoms. The Morgan fingerprint density at radius 3 is 2.42 bits per heavy atom. The van der Waals surface area contributed by atoms with Gasteiger partial charge in [-0.25, -0.2) is 0 Å². The Labute approximate surface area is 148 Å². The number of para-hydroxylation sites is 1. The lowest BCUT2D eigenvalue weighted by Gasteiger charge is -2.26. The molecule has 0 saturated heterocycles. The standard InChI is InChI=1S/C17H16ClF2NO2S/c1-17(2,23-12-9-7-11(18)8-10-12)15(22)21-13-5-3-4-6-14(13)24-16(19)20/h3-10,16H,1-2H3,(H,21,22). The van der Waals surface area contributed by atoms with Crippen molar-refractivity contribution >= 4 is 35.0 Å². The monoisotopic (exact) mass is 371 g/mol. The van der Waals surface area contributed by atoms with E-state index in [1.807, 2.05) is 0 Å². The van der Waals surface area contributed by atoms with E-state index in [9.17, 15) is 13.6 Å². The molecule has 0 atom stereocenters. The highest BCUT2D eigenvalue weighted by atomic mass is 35.5. The van der Waals surface area contributed by atoms with Crippen LogP contribution < -0.4 is 10.1 Å². The Kier molecular flexibility index (Phi) is 6.07. The maximum atomic E-state index is 12.6. The van der Waals surface area contributed by atoms with Gasteiger partial charge in [0.1, 0.15) is 5.75 Å². The first-order valence-corrected chi connectivity index (χ1v) is 8.33. The zero-order chi connectivity index (χ0) is 17.7. The molecule has 2 rings (SSSR count). The van der Waals surface area contributed by atoms with Crippen LogP contribution in [0.3, 0.4) is 0 Å². The zero-order valence-corrected chi connectivity index (χ0v) is 14.6. The van der Waals surface area contributed by atoms with Crippen LogP contribution in [0.15, 0.2) is 53.4 Å². The summed E-state index contributed by atoms with van der Waals surface area (Å²) in [6, 6.07) is 13.0. The van der Waals surface area contributed by atoms with Crippen LogP contribution in [0.25, 0.3) is 0 Å². The molecule has 0 bridgehead atoms. The molecule has 1 amide bonds. The Morgan fingerprint density at radius 1 is 1.17 bits per heavy atom. The molecule has 2 aromatic rings. The minimum Gasteiger partial charge on any atom is -0.478 e. The van der Waals surface area contributed by atoms with Crippen LogP contribution in [0.4, 0.5) is 14.5 Å². The van der Waals surface area contributed by atoms with Crippen LogP contribution in [-0.2, 0) is 4.79 Å². The van der Waals surface area contributed by atoms with Crippen LogP contribution in [0.1, 0.15) is 13.8 Å². The van der Waals surface area contributed by atoms with Gasteiger partial charge >= 0.3 is 0 Å². The van der Waals surface area contributed by atoms with Crippen molar-refractivity contribution < 1.29 is 18.3 Å². The highest BCUT2D eigenvalue weighted by molar-refractivity contribution is 7.99. The third-order valence-electron chi connectivity index (χ3n) is 3.08. The highest BCUT2D eigenvalue weighted by Gasteiger charge is 2.30. The van der Waals surface area contributed by atoms with E-state index in [1.54, 1.807) is 56.3 Å². The van der Waals surface area contributed by atoms with Gasteiger partial charge in [0.05, 0.1) is 5.69 Å². The number of nitrogens with one attached hydrogen (secondary N) is 1. The number of alkyl halides is 2. The maximum absolute atomic E-state index is 12.6. The first-order valence-electron chi connectivity index (χ1n) is 7.08. The van der Waals surface area contributed by atoms with Crippen LogP contribution >= 0.6 is 23.4 Å². The molecule has 2 aromatic carbocycles. The first-order chi connectivity index (χ1) is 11.3. The van der Waals surface area contributed by atoms with Gasteiger partial charge < -0.3 is 10.1 Å². The SMILES string of the molecule is CC(C)(Oc1ccc(Cl)cc1)C(=O)Nc1ccccc1SC(F)F. The Hall–Kier alpha value is -1.79. The summed E-state index contributed by atoms with van der Waals surface area (Å²) in [5, 5.41) is 3.20. The summed E-state index contributed by atoms with van der Waals surface area (Å²) in [5.41, 5.74) is -0.878. The van der Waals surface area contributed by atoms with Gasteiger partial charge in [0.15, 0.2) is 5.60 Å². The Bertz CT molecular complexity index is 708. The number of ether oxygens (including phenoxy) is 1. The molecule has 128 valence electrons. The van der Waals surface area contributed by atoms with Gasteiger partial charge in [-0.05, 0) is 50.2 Å². The molecule has 24 heavy (non-hydrogen) atoms. The van der Waals surface area contributed by atoms with Crippen molar-refractivity contribution in [3.05, 3.63) is 53.6 Å². The lowest BCUT2D eigenvalue weighted by molar-refractivity contribution is -0.128. The number of halogens is 3. The molecule has 7 heteroatoms. The number of carbonyl (C=O) groups is 1. The highest BCUT2D eigenvalue weighted by Crippen LogP contribution is 2.32. The molecule has 0 aliphatic heterocycles. The molecule has 1 N–H and O–H groups in total. The van der Waals surface area contributed by atoms with Crippen LogP contribution in [0.2, 0.25) is 5.02 Å². The average molecular weight is 372 g/mol. The maximum Gasteiger partial charge on any atom is 0.288 e. The number of rotatable bonds is 6. The Morgan fingerprint density at radius 2 is 1.79 bits per heavy atom. The first kappa shape index (κ1) is 18.5. The summed E-state index contributed by atoms with van der Waals surface area (Å²) < 4.78 is 30.9.